The van der Waals surface area contributed by atoms with Gasteiger partial charge in [-0.3, -0.25) is 4.98 Å². The second-order valence-corrected chi connectivity index (χ2v) is 6.58. The zero-order valence-corrected chi connectivity index (χ0v) is 16.2. The topological polar surface area (TPSA) is 85.1 Å². The molecule has 4 rings (SSSR count). The van der Waals surface area contributed by atoms with Crippen LogP contribution in [0.15, 0.2) is 48.7 Å². The van der Waals surface area contributed by atoms with E-state index in [1.165, 1.54) is 13.3 Å². The van der Waals surface area contributed by atoms with Gasteiger partial charge in [0, 0.05) is 22.7 Å². The molecule has 2 aromatic rings. The molecule has 6 heteroatoms. The third-order valence-corrected chi connectivity index (χ3v) is 4.85. The van der Waals surface area contributed by atoms with Crippen LogP contribution in [0.5, 0.6) is 5.75 Å². The number of carbonyl (C=O) groups is 1. The Morgan fingerprint density at radius 2 is 1.83 bits per heavy atom. The number of nitriles is 1. The predicted molar refractivity (Wildman–Crippen MR) is 109 cm³/mol. The van der Waals surface area contributed by atoms with Crippen molar-refractivity contribution < 1.29 is 14.3 Å². The number of aromatic nitrogens is 2. The Hall–Kier alpha value is -3.98. The van der Waals surface area contributed by atoms with Gasteiger partial charge < -0.3 is 9.47 Å². The van der Waals surface area contributed by atoms with Gasteiger partial charge >= 0.3 is 5.97 Å². The van der Waals surface area contributed by atoms with Crippen LogP contribution in [-0.4, -0.2) is 30.2 Å². The first-order valence-corrected chi connectivity index (χ1v) is 8.93. The minimum atomic E-state index is -0.536. The molecule has 0 radical (unpaired) electrons. The summed E-state index contributed by atoms with van der Waals surface area (Å²) in [5, 5.41) is 10.6. The second kappa shape index (κ2) is 7.21. The lowest BCUT2D eigenvalue weighted by atomic mass is 9.95. The summed E-state index contributed by atoms with van der Waals surface area (Å²) in [4.78, 5) is 21.7. The minimum Gasteiger partial charge on any atom is -0.497 e. The van der Waals surface area contributed by atoms with Crippen LogP contribution >= 0.6 is 0 Å². The number of carbonyl (C=O) groups excluding carboxylic acids is 1. The van der Waals surface area contributed by atoms with Gasteiger partial charge in [0.2, 0.25) is 0 Å². The van der Waals surface area contributed by atoms with Crippen LogP contribution in [0.3, 0.4) is 0 Å². The Morgan fingerprint density at radius 3 is 2.48 bits per heavy atom. The highest BCUT2D eigenvalue weighted by atomic mass is 16.5. The summed E-state index contributed by atoms with van der Waals surface area (Å²) in [6, 6.07) is 15.2. The van der Waals surface area contributed by atoms with E-state index < -0.39 is 5.97 Å². The number of benzene rings is 2. The summed E-state index contributed by atoms with van der Waals surface area (Å²) in [5.74, 6) is 0.156. The largest absolute Gasteiger partial charge is 0.497 e. The molecule has 0 atom stereocenters. The molecule has 0 saturated carbocycles. The molecule has 0 aromatic heterocycles. The Labute approximate surface area is 167 Å². The summed E-state index contributed by atoms with van der Waals surface area (Å²) < 4.78 is 10.2. The molecule has 0 unspecified atom stereocenters. The first kappa shape index (κ1) is 18.4. The van der Waals surface area contributed by atoms with Gasteiger partial charge in [-0.25, -0.2) is 9.78 Å². The van der Waals surface area contributed by atoms with E-state index in [-0.39, 0.29) is 11.3 Å². The van der Waals surface area contributed by atoms with E-state index in [4.69, 9.17) is 9.47 Å². The van der Waals surface area contributed by atoms with Gasteiger partial charge in [-0.1, -0.05) is 23.8 Å². The monoisotopic (exact) mass is 383 g/mol. The normalized spacial score (nSPS) is 10.7. The number of nitrogens with zero attached hydrogens (tertiary/aromatic N) is 3. The SMILES string of the molecule is COC(=O)c1cnc2ccc(C)cc2c2nc(C#N)c(-c3ccc(OC)cc3)c1-2. The van der Waals surface area contributed by atoms with Crippen LogP contribution in [0.1, 0.15) is 21.6 Å². The molecule has 0 aliphatic carbocycles. The van der Waals surface area contributed by atoms with E-state index in [1.807, 2.05) is 37.3 Å². The molecule has 2 aromatic carbocycles. The van der Waals surface area contributed by atoms with Gasteiger partial charge in [-0.15, -0.1) is 0 Å². The number of hydrogen-bond acceptors (Lipinski definition) is 6. The minimum absolute atomic E-state index is 0.240. The fourth-order valence-electron chi connectivity index (χ4n) is 3.45. The number of esters is 1. The fourth-order valence-corrected chi connectivity index (χ4v) is 3.45. The van der Waals surface area contributed by atoms with Gasteiger partial charge in [-0.05, 0) is 36.8 Å². The number of ether oxygens (including phenoxy) is 2. The Kier molecular flexibility index (Phi) is 4.57. The van der Waals surface area contributed by atoms with Crippen LogP contribution in [0.2, 0.25) is 0 Å². The maximum atomic E-state index is 12.6. The molecule has 0 saturated heterocycles. The third kappa shape index (κ3) is 3.03. The molecular weight excluding hydrogens is 366 g/mol. The van der Waals surface area contributed by atoms with Crippen molar-refractivity contribution in [3.05, 3.63) is 65.5 Å². The van der Waals surface area contributed by atoms with Crippen LogP contribution in [0.25, 0.3) is 33.3 Å². The summed E-state index contributed by atoms with van der Waals surface area (Å²) >= 11 is 0. The summed E-state index contributed by atoms with van der Waals surface area (Å²) in [7, 11) is 2.91. The Balaban J connectivity index is 2.15. The average Bonchev–Trinajstić information content (AvgIpc) is 3.06. The maximum Gasteiger partial charge on any atom is 0.340 e. The van der Waals surface area contributed by atoms with Crippen LogP contribution in [-0.2, 0) is 4.74 Å². The van der Waals surface area contributed by atoms with Crippen molar-refractivity contribution >= 4 is 16.9 Å². The number of fused-ring (bicyclic) bond motifs is 3. The maximum absolute atomic E-state index is 12.6. The molecule has 2 heterocycles. The molecule has 2 aliphatic heterocycles. The van der Waals surface area contributed by atoms with Crippen molar-refractivity contribution in [3.63, 3.8) is 0 Å². The average molecular weight is 383 g/mol. The lowest BCUT2D eigenvalue weighted by Gasteiger charge is -2.07. The Morgan fingerprint density at radius 1 is 1.07 bits per heavy atom. The van der Waals surface area contributed by atoms with Crippen LogP contribution < -0.4 is 4.74 Å². The quantitative estimate of drug-likeness (QED) is 0.488. The van der Waals surface area contributed by atoms with Gasteiger partial charge in [-0.2, -0.15) is 5.26 Å². The molecule has 0 amide bonds. The lowest BCUT2D eigenvalue weighted by molar-refractivity contribution is 0.0601. The molecule has 0 spiro atoms. The highest BCUT2D eigenvalue weighted by Gasteiger charge is 2.27. The number of aryl methyl sites for hydroxylation is 1. The fraction of sp³-hybridized carbons (Fsp3) is 0.130. The van der Waals surface area contributed by atoms with E-state index in [0.717, 1.165) is 16.5 Å². The molecule has 2 aliphatic rings. The molecule has 142 valence electrons. The highest BCUT2D eigenvalue weighted by molar-refractivity contribution is 6.08. The van der Waals surface area contributed by atoms with Gasteiger partial charge in [0.05, 0.1) is 31.0 Å². The van der Waals surface area contributed by atoms with Crippen molar-refractivity contribution in [3.8, 4) is 34.2 Å². The third-order valence-electron chi connectivity index (χ3n) is 4.85. The van der Waals surface area contributed by atoms with E-state index in [1.54, 1.807) is 19.2 Å². The highest BCUT2D eigenvalue weighted by Crippen LogP contribution is 2.42. The molecular formula is C23H17N3O3. The second-order valence-electron chi connectivity index (χ2n) is 6.58. The van der Waals surface area contributed by atoms with Crippen molar-refractivity contribution in [1.82, 2.24) is 9.97 Å². The standard InChI is InChI=1S/C23H17N3O3/c1-13-4-9-18-16(10-13)22-21(17(12-25-18)23(27)29-3)20(19(11-24)26-22)14-5-7-15(28-2)8-6-14/h4-10,12H,1-3H3. The summed E-state index contributed by atoms with van der Waals surface area (Å²) in [6.45, 7) is 1.97. The predicted octanol–water partition coefficient (Wildman–Crippen LogP) is 4.38. The Bertz CT molecular complexity index is 1260. The lowest BCUT2D eigenvalue weighted by Crippen LogP contribution is -2.03. The number of hydrogen-bond donors (Lipinski definition) is 0. The smallest absolute Gasteiger partial charge is 0.340 e. The summed E-state index contributed by atoms with van der Waals surface area (Å²) in [6.07, 6.45) is 1.49. The molecule has 0 bridgehead atoms. The molecule has 29 heavy (non-hydrogen) atoms. The van der Waals surface area contributed by atoms with E-state index >= 15 is 0 Å². The number of rotatable bonds is 3. The van der Waals surface area contributed by atoms with Crippen molar-refractivity contribution in [2.75, 3.05) is 14.2 Å². The van der Waals surface area contributed by atoms with Crippen molar-refractivity contribution in [1.29, 1.82) is 5.26 Å². The van der Waals surface area contributed by atoms with Crippen LogP contribution in [0, 0.1) is 18.3 Å². The first-order valence-electron chi connectivity index (χ1n) is 8.93. The first-order chi connectivity index (χ1) is 14.1. The van der Waals surface area contributed by atoms with E-state index in [9.17, 15) is 10.1 Å². The zero-order valence-electron chi connectivity index (χ0n) is 16.2. The van der Waals surface area contributed by atoms with Gasteiger partial charge in [0.1, 0.15) is 17.5 Å². The van der Waals surface area contributed by atoms with E-state index in [2.05, 4.69) is 16.0 Å². The van der Waals surface area contributed by atoms with E-state index in [0.29, 0.717) is 28.1 Å². The van der Waals surface area contributed by atoms with Crippen molar-refractivity contribution in [2.24, 2.45) is 0 Å². The van der Waals surface area contributed by atoms with Gasteiger partial charge in [0.15, 0.2) is 0 Å². The van der Waals surface area contributed by atoms with Crippen molar-refractivity contribution in [2.45, 2.75) is 6.92 Å². The zero-order chi connectivity index (χ0) is 20.5. The molecule has 0 fully saturated rings. The molecule has 6 nitrogen and oxygen atoms in total. The van der Waals surface area contributed by atoms with Gasteiger partial charge in [0.25, 0.3) is 0 Å². The number of methoxy groups -OCH3 is 2. The summed E-state index contributed by atoms with van der Waals surface area (Å²) in [5.41, 5.74) is 4.63. The van der Waals surface area contributed by atoms with Crippen LogP contribution in [0.4, 0.5) is 0 Å². The molecule has 0 N–H and O–H groups in total.